The van der Waals surface area contributed by atoms with Crippen LogP contribution in [0.25, 0.3) is 6.08 Å². The molecule has 1 saturated heterocycles. The van der Waals surface area contributed by atoms with Crippen LogP contribution in [-0.2, 0) is 27.1 Å². The normalized spacial score (nSPS) is 13.1. The fraction of sp³-hybridized carbons (Fsp3) is 0.361. The van der Waals surface area contributed by atoms with Crippen molar-refractivity contribution in [2.45, 2.75) is 44.9 Å². The Bertz CT molecular complexity index is 1370. The van der Waals surface area contributed by atoms with E-state index >= 15 is 0 Å². The number of ether oxygens (including phenoxy) is 3. The van der Waals surface area contributed by atoms with Gasteiger partial charge in [0.1, 0.15) is 11.6 Å². The van der Waals surface area contributed by atoms with E-state index in [2.05, 4.69) is 6.08 Å². The highest BCUT2D eigenvalue weighted by atomic mass is 19.1. The SMILES string of the molecule is COC(=O)c1ccc(CCC(C=Cc2cc(F)ccc2OCCCN2CCCC2=O)CCc2ccc(C(=O)OC)cc2)cc1. The summed E-state index contributed by atoms with van der Waals surface area (Å²) in [5, 5.41) is 0. The number of nitrogens with zero attached hydrogens (tertiary/aromatic N) is 1. The highest BCUT2D eigenvalue weighted by Crippen LogP contribution is 2.25. The molecule has 7 nitrogen and oxygen atoms in total. The van der Waals surface area contributed by atoms with Gasteiger partial charge in [-0.3, -0.25) is 4.79 Å². The third-order valence-corrected chi connectivity index (χ3v) is 7.88. The summed E-state index contributed by atoms with van der Waals surface area (Å²) in [7, 11) is 2.73. The van der Waals surface area contributed by atoms with E-state index < -0.39 is 0 Å². The molecular formula is C36H40FNO6. The van der Waals surface area contributed by atoms with Crippen molar-refractivity contribution >= 4 is 23.9 Å². The van der Waals surface area contributed by atoms with Crippen LogP contribution >= 0.6 is 0 Å². The molecule has 3 aromatic rings. The van der Waals surface area contributed by atoms with E-state index in [-0.39, 0.29) is 29.6 Å². The summed E-state index contributed by atoms with van der Waals surface area (Å²) in [5.74, 6) is -0.117. The summed E-state index contributed by atoms with van der Waals surface area (Å²) >= 11 is 0. The molecule has 3 aromatic carbocycles. The van der Waals surface area contributed by atoms with Gasteiger partial charge in [-0.15, -0.1) is 0 Å². The Morgan fingerprint density at radius 3 is 2.00 bits per heavy atom. The maximum atomic E-state index is 14.3. The minimum absolute atomic E-state index is 0.160. The second-order valence-corrected chi connectivity index (χ2v) is 10.9. The van der Waals surface area contributed by atoms with E-state index in [0.29, 0.717) is 48.4 Å². The fourth-order valence-electron chi connectivity index (χ4n) is 5.29. The van der Waals surface area contributed by atoms with Crippen LogP contribution in [0.15, 0.2) is 72.8 Å². The Morgan fingerprint density at radius 2 is 1.48 bits per heavy atom. The molecule has 44 heavy (non-hydrogen) atoms. The van der Waals surface area contributed by atoms with Crippen molar-refractivity contribution in [3.05, 3.63) is 106 Å². The van der Waals surface area contributed by atoms with Crippen molar-refractivity contribution in [1.82, 2.24) is 4.90 Å². The van der Waals surface area contributed by atoms with Gasteiger partial charge < -0.3 is 19.1 Å². The van der Waals surface area contributed by atoms with Gasteiger partial charge in [0, 0.05) is 25.1 Å². The molecule has 0 N–H and O–H groups in total. The first-order chi connectivity index (χ1) is 21.4. The van der Waals surface area contributed by atoms with Gasteiger partial charge in [-0.05, 0) is 98.0 Å². The molecule has 1 amide bonds. The lowest BCUT2D eigenvalue weighted by atomic mass is 9.91. The summed E-state index contributed by atoms with van der Waals surface area (Å²) < 4.78 is 29.9. The molecule has 1 aliphatic rings. The lowest BCUT2D eigenvalue weighted by molar-refractivity contribution is -0.127. The third-order valence-electron chi connectivity index (χ3n) is 7.88. The molecule has 0 bridgehead atoms. The highest BCUT2D eigenvalue weighted by molar-refractivity contribution is 5.89. The number of hydrogen-bond acceptors (Lipinski definition) is 6. The van der Waals surface area contributed by atoms with Gasteiger partial charge in [-0.2, -0.15) is 0 Å². The third kappa shape index (κ3) is 9.53. The van der Waals surface area contributed by atoms with E-state index in [1.807, 2.05) is 35.2 Å². The number of aryl methyl sites for hydroxylation is 2. The van der Waals surface area contributed by atoms with Crippen LogP contribution < -0.4 is 4.74 Å². The molecule has 4 rings (SSSR count). The number of esters is 2. The molecule has 1 fully saturated rings. The van der Waals surface area contributed by atoms with E-state index in [4.69, 9.17) is 14.2 Å². The van der Waals surface area contributed by atoms with Crippen LogP contribution in [0, 0.1) is 11.7 Å². The summed E-state index contributed by atoms with van der Waals surface area (Å²) in [6.45, 7) is 1.90. The molecule has 232 valence electrons. The first-order valence-electron chi connectivity index (χ1n) is 15.1. The van der Waals surface area contributed by atoms with E-state index in [9.17, 15) is 18.8 Å². The number of carbonyl (C=O) groups is 3. The standard InChI is InChI=1S/C36H40FNO6/c1-42-35(40)29-15-10-27(11-16-29)8-6-26(7-9-28-12-17-30(18-13-28)36(41)43-2)14-19-31-25-32(37)20-21-33(31)44-24-4-23-38-22-3-5-34(38)39/h10-21,25-26H,3-9,22-24H2,1-2H3. The number of hydrogen-bond donors (Lipinski definition) is 0. The lowest BCUT2D eigenvalue weighted by Gasteiger charge is -2.16. The van der Waals surface area contributed by atoms with Crippen molar-refractivity contribution in [1.29, 1.82) is 0 Å². The van der Waals surface area contributed by atoms with Gasteiger partial charge in [0.25, 0.3) is 0 Å². The molecular weight excluding hydrogens is 561 g/mol. The Balaban J connectivity index is 1.43. The Hall–Kier alpha value is -4.46. The molecule has 8 heteroatoms. The van der Waals surface area contributed by atoms with Crippen molar-refractivity contribution in [3.63, 3.8) is 0 Å². The van der Waals surface area contributed by atoms with E-state index in [1.165, 1.54) is 26.4 Å². The van der Waals surface area contributed by atoms with Gasteiger partial charge >= 0.3 is 11.9 Å². The van der Waals surface area contributed by atoms with Crippen molar-refractivity contribution in [2.75, 3.05) is 33.9 Å². The van der Waals surface area contributed by atoms with E-state index in [1.54, 1.807) is 30.3 Å². The zero-order valence-electron chi connectivity index (χ0n) is 25.4. The predicted octanol–water partition coefficient (Wildman–Crippen LogP) is 6.69. The summed E-state index contributed by atoms with van der Waals surface area (Å²) in [4.78, 5) is 37.3. The fourth-order valence-corrected chi connectivity index (χ4v) is 5.29. The monoisotopic (exact) mass is 601 g/mol. The average molecular weight is 602 g/mol. The maximum Gasteiger partial charge on any atom is 0.337 e. The number of carbonyl (C=O) groups excluding carboxylic acids is 3. The van der Waals surface area contributed by atoms with Gasteiger partial charge in [0.05, 0.1) is 32.0 Å². The van der Waals surface area contributed by atoms with Gasteiger partial charge in [0.2, 0.25) is 5.91 Å². The van der Waals surface area contributed by atoms with Crippen LogP contribution in [-0.4, -0.2) is 56.7 Å². The number of likely N-dealkylation sites (tertiary alicyclic amines) is 1. The van der Waals surface area contributed by atoms with Crippen LogP contribution in [0.1, 0.15) is 69.5 Å². The number of benzene rings is 3. The first-order valence-corrected chi connectivity index (χ1v) is 15.1. The largest absolute Gasteiger partial charge is 0.493 e. The molecule has 0 unspecified atom stereocenters. The van der Waals surface area contributed by atoms with E-state index in [0.717, 1.165) is 49.8 Å². The molecule has 0 aliphatic carbocycles. The zero-order chi connectivity index (χ0) is 31.3. The quantitative estimate of drug-likeness (QED) is 0.143. The Labute approximate surface area is 258 Å². The maximum absolute atomic E-state index is 14.3. The second-order valence-electron chi connectivity index (χ2n) is 10.9. The highest BCUT2D eigenvalue weighted by Gasteiger charge is 2.19. The average Bonchev–Trinajstić information content (AvgIpc) is 3.47. The van der Waals surface area contributed by atoms with Gasteiger partial charge in [-0.25, -0.2) is 14.0 Å². The second kappa shape index (κ2) is 16.4. The van der Waals surface area contributed by atoms with Crippen molar-refractivity contribution in [3.8, 4) is 5.75 Å². The smallest absolute Gasteiger partial charge is 0.337 e. The van der Waals surface area contributed by atoms with Crippen LogP contribution in [0.4, 0.5) is 4.39 Å². The molecule has 0 atom stereocenters. The molecule has 1 heterocycles. The number of halogens is 1. The molecule has 0 spiro atoms. The van der Waals surface area contributed by atoms with Gasteiger partial charge in [0.15, 0.2) is 0 Å². The summed E-state index contributed by atoms with van der Waals surface area (Å²) in [5.41, 5.74) is 3.88. The number of methoxy groups -OCH3 is 2. The van der Waals surface area contributed by atoms with Crippen LogP contribution in [0.5, 0.6) is 5.75 Å². The van der Waals surface area contributed by atoms with Crippen molar-refractivity contribution in [2.24, 2.45) is 5.92 Å². The Morgan fingerprint density at radius 1 is 0.886 bits per heavy atom. The summed E-state index contributed by atoms with van der Waals surface area (Å²) in [6.07, 6.45) is 9.52. The molecule has 1 aliphatic heterocycles. The molecule has 0 saturated carbocycles. The Kier molecular flexibility index (Phi) is 12.1. The number of allylic oxidation sites excluding steroid dienone is 1. The summed E-state index contributed by atoms with van der Waals surface area (Å²) in [6, 6.07) is 19.3. The minimum atomic E-state index is -0.367. The van der Waals surface area contributed by atoms with Crippen molar-refractivity contribution < 1.29 is 33.0 Å². The van der Waals surface area contributed by atoms with Crippen LogP contribution in [0.3, 0.4) is 0 Å². The lowest BCUT2D eigenvalue weighted by Crippen LogP contribution is -2.26. The molecule has 0 aromatic heterocycles. The van der Waals surface area contributed by atoms with Crippen LogP contribution in [0.2, 0.25) is 0 Å². The molecule has 0 radical (unpaired) electrons. The number of amides is 1. The minimum Gasteiger partial charge on any atom is -0.493 e. The van der Waals surface area contributed by atoms with Gasteiger partial charge in [-0.1, -0.05) is 36.4 Å². The first kappa shape index (κ1) is 32.5. The topological polar surface area (TPSA) is 82.1 Å². The number of rotatable bonds is 15. The zero-order valence-corrected chi connectivity index (χ0v) is 25.4. The predicted molar refractivity (Wildman–Crippen MR) is 167 cm³/mol.